The number of nitrogens with zero attached hydrogens (tertiary/aromatic N) is 1. The Bertz CT molecular complexity index is 575. The van der Waals surface area contributed by atoms with Crippen molar-refractivity contribution >= 4 is 31.6 Å². The molecule has 7 heteroatoms. The first kappa shape index (κ1) is 15.8. The van der Waals surface area contributed by atoms with Crippen molar-refractivity contribution in [1.82, 2.24) is 4.31 Å². The van der Waals surface area contributed by atoms with Crippen molar-refractivity contribution in [1.29, 1.82) is 0 Å². The summed E-state index contributed by atoms with van der Waals surface area (Å²) < 4.78 is 32.9. The summed E-state index contributed by atoms with van der Waals surface area (Å²) in [6, 6.07) is 4.69. The van der Waals surface area contributed by atoms with Gasteiger partial charge in [-0.25, -0.2) is 8.42 Å². The molecule has 0 radical (unpaired) electrons. The highest BCUT2D eigenvalue weighted by Gasteiger charge is 2.30. The third-order valence-electron chi connectivity index (χ3n) is 3.35. The van der Waals surface area contributed by atoms with E-state index in [0.29, 0.717) is 29.9 Å². The van der Waals surface area contributed by atoms with Gasteiger partial charge in [0.1, 0.15) is 0 Å². The highest BCUT2D eigenvalue weighted by molar-refractivity contribution is 9.10. The summed E-state index contributed by atoms with van der Waals surface area (Å²) in [6.07, 6.45) is 1.71. The van der Waals surface area contributed by atoms with Crippen LogP contribution in [-0.2, 0) is 14.8 Å². The minimum absolute atomic E-state index is 0.0132. The maximum absolute atomic E-state index is 12.6. The lowest BCUT2D eigenvalue weighted by atomic mass is 10.1. The van der Waals surface area contributed by atoms with Gasteiger partial charge in [0, 0.05) is 29.9 Å². The molecular weight excluding hydrogens is 344 g/mol. The highest BCUT2D eigenvalue weighted by Crippen LogP contribution is 2.27. The van der Waals surface area contributed by atoms with Crippen molar-refractivity contribution in [2.24, 2.45) is 0 Å². The zero-order chi connectivity index (χ0) is 14.8. The van der Waals surface area contributed by atoms with E-state index in [0.717, 1.165) is 12.8 Å². The molecule has 1 aliphatic rings. The van der Waals surface area contributed by atoms with Gasteiger partial charge in [-0.15, -0.1) is 0 Å². The van der Waals surface area contributed by atoms with E-state index >= 15 is 0 Å². The molecule has 0 aliphatic carbocycles. The first-order valence-electron chi connectivity index (χ1n) is 6.62. The summed E-state index contributed by atoms with van der Waals surface area (Å²) in [7, 11) is -3.48. The predicted molar refractivity (Wildman–Crippen MR) is 82.0 cm³/mol. The van der Waals surface area contributed by atoms with Crippen LogP contribution in [0.15, 0.2) is 27.6 Å². The molecule has 1 atom stereocenters. The molecule has 1 aliphatic heterocycles. The summed E-state index contributed by atoms with van der Waals surface area (Å²) in [5.74, 6) is 0. The number of halogens is 1. The summed E-state index contributed by atoms with van der Waals surface area (Å²) in [4.78, 5) is 0.260. The minimum atomic E-state index is -3.48. The average molecular weight is 363 g/mol. The molecule has 1 heterocycles. The Morgan fingerprint density at radius 3 is 2.90 bits per heavy atom. The quantitative estimate of drug-likeness (QED) is 0.833. The molecule has 0 spiro atoms. The van der Waals surface area contributed by atoms with E-state index < -0.39 is 10.0 Å². The van der Waals surface area contributed by atoms with Crippen LogP contribution in [0, 0.1) is 0 Å². The van der Waals surface area contributed by atoms with Crippen LogP contribution < -0.4 is 5.73 Å². The first-order valence-corrected chi connectivity index (χ1v) is 8.85. The standard InChI is InChI=1S/C13H19BrN2O3S/c1-2-19-10-4-3-7-16(9-10)20(17,18)11-5-6-13(15)12(14)8-11/h5-6,8,10H,2-4,7,9,15H2,1H3. The fraction of sp³-hybridized carbons (Fsp3) is 0.538. The maximum Gasteiger partial charge on any atom is 0.243 e. The van der Waals surface area contributed by atoms with E-state index in [1.807, 2.05) is 6.92 Å². The van der Waals surface area contributed by atoms with Gasteiger partial charge >= 0.3 is 0 Å². The second-order valence-electron chi connectivity index (χ2n) is 4.77. The van der Waals surface area contributed by atoms with Gasteiger partial charge in [0.15, 0.2) is 0 Å². The van der Waals surface area contributed by atoms with E-state index in [9.17, 15) is 8.42 Å². The SMILES string of the molecule is CCOC1CCCN(S(=O)(=O)c2ccc(N)c(Br)c2)C1. The summed E-state index contributed by atoms with van der Waals surface area (Å²) >= 11 is 3.27. The number of hydrogen-bond donors (Lipinski definition) is 1. The molecule has 20 heavy (non-hydrogen) atoms. The van der Waals surface area contributed by atoms with Crippen LogP contribution in [0.5, 0.6) is 0 Å². The van der Waals surface area contributed by atoms with Crippen molar-refractivity contribution in [3.63, 3.8) is 0 Å². The van der Waals surface area contributed by atoms with Gasteiger partial charge in [-0.2, -0.15) is 4.31 Å². The van der Waals surface area contributed by atoms with Crippen molar-refractivity contribution in [3.8, 4) is 0 Å². The molecule has 112 valence electrons. The monoisotopic (exact) mass is 362 g/mol. The lowest BCUT2D eigenvalue weighted by molar-refractivity contribution is 0.0265. The molecule has 1 aromatic rings. The number of anilines is 1. The number of ether oxygens (including phenoxy) is 1. The normalized spacial score (nSPS) is 21.0. The molecule has 0 aromatic heterocycles. The topological polar surface area (TPSA) is 72.6 Å². The average Bonchev–Trinajstić information content (AvgIpc) is 2.42. The van der Waals surface area contributed by atoms with Gasteiger partial charge in [-0.05, 0) is 53.9 Å². The molecule has 0 amide bonds. The maximum atomic E-state index is 12.6. The number of nitrogens with two attached hydrogens (primary N) is 1. The lowest BCUT2D eigenvalue weighted by Crippen LogP contribution is -2.43. The van der Waals surface area contributed by atoms with Gasteiger partial charge in [0.05, 0.1) is 11.0 Å². The Morgan fingerprint density at radius 1 is 1.50 bits per heavy atom. The Labute approximate surface area is 128 Å². The van der Waals surface area contributed by atoms with Crippen LogP contribution in [-0.4, -0.2) is 38.5 Å². The third-order valence-corrected chi connectivity index (χ3v) is 5.90. The minimum Gasteiger partial charge on any atom is -0.398 e. The molecule has 5 nitrogen and oxygen atoms in total. The molecule has 1 fully saturated rings. The molecule has 0 saturated carbocycles. The van der Waals surface area contributed by atoms with Crippen LogP contribution >= 0.6 is 15.9 Å². The first-order chi connectivity index (χ1) is 9.45. The molecule has 1 unspecified atom stereocenters. The van der Waals surface area contributed by atoms with Crippen molar-refractivity contribution in [2.75, 3.05) is 25.4 Å². The number of rotatable bonds is 4. The van der Waals surface area contributed by atoms with Crippen LogP contribution in [0.25, 0.3) is 0 Å². The van der Waals surface area contributed by atoms with E-state index in [1.165, 1.54) is 4.31 Å². The van der Waals surface area contributed by atoms with Crippen LogP contribution in [0.2, 0.25) is 0 Å². The summed E-state index contributed by atoms with van der Waals surface area (Å²) in [5.41, 5.74) is 6.22. The number of hydrogen-bond acceptors (Lipinski definition) is 4. The zero-order valence-electron chi connectivity index (χ0n) is 11.4. The fourth-order valence-electron chi connectivity index (χ4n) is 2.31. The summed E-state index contributed by atoms with van der Waals surface area (Å²) in [6.45, 7) is 3.47. The number of sulfonamides is 1. The van der Waals surface area contributed by atoms with Crippen LogP contribution in [0.1, 0.15) is 19.8 Å². The van der Waals surface area contributed by atoms with Gasteiger partial charge in [-0.3, -0.25) is 0 Å². The van der Waals surface area contributed by atoms with Gasteiger partial charge in [0.2, 0.25) is 10.0 Å². The molecule has 2 rings (SSSR count). The van der Waals surface area contributed by atoms with Crippen LogP contribution in [0.4, 0.5) is 5.69 Å². The largest absolute Gasteiger partial charge is 0.398 e. The number of piperidine rings is 1. The van der Waals surface area contributed by atoms with Gasteiger partial charge in [0.25, 0.3) is 0 Å². The van der Waals surface area contributed by atoms with E-state index in [2.05, 4.69) is 15.9 Å². The van der Waals surface area contributed by atoms with E-state index in [4.69, 9.17) is 10.5 Å². The molecule has 1 aromatic carbocycles. The predicted octanol–water partition coefficient (Wildman–Crippen LogP) is 2.22. The number of nitrogen functional groups attached to an aromatic ring is 1. The van der Waals surface area contributed by atoms with E-state index in [1.54, 1.807) is 18.2 Å². The Morgan fingerprint density at radius 2 is 2.25 bits per heavy atom. The smallest absolute Gasteiger partial charge is 0.243 e. The van der Waals surface area contributed by atoms with Crippen molar-refractivity contribution < 1.29 is 13.2 Å². The fourth-order valence-corrected chi connectivity index (χ4v) is 4.38. The zero-order valence-corrected chi connectivity index (χ0v) is 13.8. The van der Waals surface area contributed by atoms with Crippen molar-refractivity contribution in [2.45, 2.75) is 30.8 Å². The van der Waals surface area contributed by atoms with Crippen LogP contribution in [0.3, 0.4) is 0 Å². The molecule has 2 N–H and O–H groups in total. The highest BCUT2D eigenvalue weighted by atomic mass is 79.9. The van der Waals surface area contributed by atoms with Gasteiger partial charge in [-0.1, -0.05) is 0 Å². The number of benzene rings is 1. The third kappa shape index (κ3) is 3.33. The van der Waals surface area contributed by atoms with E-state index in [-0.39, 0.29) is 11.0 Å². The van der Waals surface area contributed by atoms with Gasteiger partial charge < -0.3 is 10.5 Å². The molecule has 0 bridgehead atoms. The Kier molecular flexibility index (Phi) is 5.06. The second kappa shape index (κ2) is 6.43. The second-order valence-corrected chi connectivity index (χ2v) is 7.56. The Balaban J connectivity index is 2.23. The van der Waals surface area contributed by atoms with Crippen molar-refractivity contribution in [3.05, 3.63) is 22.7 Å². The Hall–Kier alpha value is -0.630. The molecule has 1 saturated heterocycles. The summed E-state index contributed by atoms with van der Waals surface area (Å²) in [5, 5.41) is 0. The lowest BCUT2D eigenvalue weighted by Gasteiger charge is -2.31. The molecular formula is C13H19BrN2O3S.